The summed E-state index contributed by atoms with van der Waals surface area (Å²) in [7, 11) is 0. The second kappa shape index (κ2) is 7.87. The number of ketones is 1. The summed E-state index contributed by atoms with van der Waals surface area (Å²) < 4.78 is 5.07. The molecule has 0 N–H and O–H groups in total. The van der Waals surface area contributed by atoms with Crippen molar-refractivity contribution in [1.29, 1.82) is 0 Å². The van der Waals surface area contributed by atoms with E-state index in [4.69, 9.17) is 4.74 Å². The zero-order valence-electron chi connectivity index (χ0n) is 13.3. The van der Waals surface area contributed by atoms with Crippen molar-refractivity contribution in [2.24, 2.45) is 5.92 Å². The number of aromatic nitrogens is 1. The smallest absolute Gasteiger partial charge is 0.341 e. The highest BCUT2D eigenvalue weighted by atomic mass is 16.5. The predicted molar refractivity (Wildman–Crippen MR) is 85.2 cm³/mol. The SMILES string of the molecule is CCOC(=O)C(=Cc1cncc(C)c1)C(=O)C1CCCCC1. The molecular weight excluding hydrogens is 278 g/mol. The van der Waals surface area contributed by atoms with E-state index in [2.05, 4.69) is 4.98 Å². The Labute approximate surface area is 131 Å². The summed E-state index contributed by atoms with van der Waals surface area (Å²) in [5.74, 6) is -0.665. The van der Waals surface area contributed by atoms with Crippen LogP contribution < -0.4 is 0 Å². The van der Waals surface area contributed by atoms with Gasteiger partial charge in [0.2, 0.25) is 0 Å². The van der Waals surface area contributed by atoms with Crippen LogP contribution in [0.25, 0.3) is 6.08 Å². The number of esters is 1. The molecule has 4 nitrogen and oxygen atoms in total. The van der Waals surface area contributed by atoms with E-state index < -0.39 is 5.97 Å². The molecule has 0 atom stereocenters. The van der Waals surface area contributed by atoms with Crippen LogP contribution in [0.15, 0.2) is 24.0 Å². The summed E-state index contributed by atoms with van der Waals surface area (Å²) >= 11 is 0. The lowest BCUT2D eigenvalue weighted by molar-refractivity contribution is -0.140. The van der Waals surface area contributed by atoms with Gasteiger partial charge in [-0.05, 0) is 50.0 Å². The van der Waals surface area contributed by atoms with Gasteiger partial charge < -0.3 is 4.74 Å². The minimum atomic E-state index is -0.528. The van der Waals surface area contributed by atoms with Crippen molar-refractivity contribution in [2.45, 2.75) is 46.0 Å². The molecule has 0 spiro atoms. The normalized spacial score (nSPS) is 16.4. The summed E-state index contributed by atoms with van der Waals surface area (Å²) in [5, 5.41) is 0. The summed E-state index contributed by atoms with van der Waals surface area (Å²) in [6.45, 7) is 3.94. The van der Waals surface area contributed by atoms with Crippen molar-refractivity contribution in [3.05, 3.63) is 35.2 Å². The molecule has 0 bridgehead atoms. The number of pyridine rings is 1. The maximum absolute atomic E-state index is 12.7. The second-order valence-corrected chi connectivity index (χ2v) is 5.77. The molecule has 0 unspecified atom stereocenters. The molecule has 1 fully saturated rings. The third-order valence-corrected chi connectivity index (χ3v) is 3.94. The minimum Gasteiger partial charge on any atom is -0.462 e. The summed E-state index contributed by atoms with van der Waals surface area (Å²) in [6.07, 6.45) is 10.0. The molecule has 0 aliphatic heterocycles. The first-order valence-electron chi connectivity index (χ1n) is 7.96. The van der Waals surface area contributed by atoms with E-state index in [0.29, 0.717) is 0 Å². The molecule has 4 heteroatoms. The van der Waals surface area contributed by atoms with Crippen molar-refractivity contribution in [2.75, 3.05) is 6.61 Å². The van der Waals surface area contributed by atoms with Gasteiger partial charge in [-0.25, -0.2) is 4.79 Å². The lowest BCUT2D eigenvalue weighted by Crippen LogP contribution is -2.24. The van der Waals surface area contributed by atoms with E-state index in [0.717, 1.165) is 36.8 Å². The van der Waals surface area contributed by atoms with Gasteiger partial charge in [0.15, 0.2) is 5.78 Å². The molecule has 22 heavy (non-hydrogen) atoms. The molecule has 2 rings (SSSR count). The summed E-state index contributed by atoms with van der Waals surface area (Å²) in [6, 6.07) is 1.90. The minimum absolute atomic E-state index is 0.0535. The molecule has 1 aliphatic carbocycles. The van der Waals surface area contributed by atoms with Gasteiger partial charge in [-0.15, -0.1) is 0 Å². The fourth-order valence-electron chi connectivity index (χ4n) is 2.85. The number of hydrogen-bond donors (Lipinski definition) is 0. The van der Waals surface area contributed by atoms with Crippen LogP contribution in [0.2, 0.25) is 0 Å². The molecule has 0 aromatic carbocycles. The number of ether oxygens (including phenoxy) is 1. The van der Waals surface area contributed by atoms with Crippen molar-refractivity contribution in [3.8, 4) is 0 Å². The third kappa shape index (κ3) is 4.26. The van der Waals surface area contributed by atoms with Crippen LogP contribution in [0.5, 0.6) is 0 Å². The Hall–Kier alpha value is -1.97. The fraction of sp³-hybridized carbons (Fsp3) is 0.500. The number of Topliss-reactive ketones (excluding diaryl/α,β-unsaturated/α-hetero) is 1. The number of hydrogen-bond acceptors (Lipinski definition) is 4. The standard InChI is InChI=1S/C18H23NO3/c1-3-22-18(21)16(10-14-9-13(2)11-19-12-14)17(20)15-7-5-4-6-8-15/h9-12,15H,3-8H2,1-2H3. The van der Waals surface area contributed by atoms with Crippen molar-refractivity contribution in [3.63, 3.8) is 0 Å². The van der Waals surface area contributed by atoms with Crippen LogP contribution in [-0.2, 0) is 14.3 Å². The lowest BCUT2D eigenvalue weighted by Gasteiger charge is -2.21. The molecule has 1 aromatic rings. The number of carbonyl (C=O) groups excluding carboxylic acids is 2. The molecule has 1 aromatic heterocycles. The molecular formula is C18H23NO3. The number of nitrogens with zero attached hydrogens (tertiary/aromatic N) is 1. The van der Waals surface area contributed by atoms with Gasteiger partial charge in [-0.3, -0.25) is 9.78 Å². The first kappa shape index (κ1) is 16.4. The molecule has 1 saturated carbocycles. The Bertz CT molecular complexity index is 571. The Morgan fingerprint density at radius 2 is 2.00 bits per heavy atom. The van der Waals surface area contributed by atoms with Gasteiger partial charge >= 0.3 is 5.97 Å². The summed E-state index contributed by atoms with van der Waals surface area (Å²) in [4.78, 5) is 29.0. The highest BCUT2D eigenvalue weighted by Gasteiger charge is 2.28. The Morgan fingerprint density at radius 3 is 2.64 bits per heavy atom. The Balaban J connectivity index is 2.29. The first-order chi connectivity index (χ1) is 10.6. The lowest BCUT2D eigenvalue weighted by atomic mass is 9.83. The van der Waals surface area contributed by atoms with Crippen LogP contribution in [0.1, 0.15) is 50.2 Å². The summed E-state index contributed by atoms with van der Waals surface area (Å²) in [5.41, 5.74) is 1.90. The van der Waals surface area contributed by atoms with E-state index in [9.17, 15) is 9.59 Å². The zero-order chi connectivity index (χ0) is 15.9. The number of carbonyl (C=O) groups is 2. The highest BCUT2D eigenvalue weighted by Crippen LogP contribution is 2.27. The zero-order valence-corrected chi connectivity index (χ0v) is 13.3. The van der Waals surface area contributed by atoms with E-state index in [1.807, 2.05) is 13.0 Å². The van der Waals surface area contributed by atoms with Gasteiger partial charge in [-0.1, -0.05) is 19.3 Å². The van der Waals surface area contributed by atoms with Crippen LogP contribution in [0.4, 0.5) is 0 Å². The van der Waals surface area contributed by atoms with E-state index in [-0.39, 0.29) is 23.9 Å². The monoisotopic (exact) mass is 301 g/mol. The Kier molecular flexibility index (Phi) is 5.87. The first-order valence-corrected chi connectivity index (χ1v) is 7.96. The fourth-order valence-corrected chi connectivity index (χ4v) is 2.85. The average molecular weight is 301 g/mol. The van der Waals surface area contributed by atoms with E-state index in [1.165, 1.54) is 6.42 Å². The van der Waals surface area contributed by atoms with Crippen LogP contribution >= 0.6 is 0 Å². The quantitative estimate of drug-likeness (QED) is 0.361. The number of rotatable bonds is 5. The molecule has 118 valence electrons. The molecule has 0 radical (unpaired) electrons. The van der Waals surface area contributed by atoms with Crippen molar-refractivity contribution in [1.82, 2.24) is 4.98 Å². The van der Waals surface area contributed by atoms with Gasteiger partial charge in [0.1, 0.15) is 5.57 Å². The number of aryl methyl sites for hydroxylation is 1. The third-order valence-electron chi connectivity index (χ3n) is 3.94. The Morgan fingerprint density at radius 1 is 1.27 bits per heavy atom. The highest BCUT2D eigenvalue weighted by molar-refractivity contribution is 6.21. The predicted octanol–water partition coefficient (Wildman–Crippen LogP) is 3.49. The van der Waals surface area contributed by atoms with E-state index >= 15 is 0 Å². The maximum Gasteiger partial charge on any atom is 0.341 e. The second-order valence-electron chi connectivity index (χ2n) is 5.77. The van der Waals surface area contributed by atoms with Crippen molar-refractivity contribution < 1.29 is 14.3 Å². The largest absolute Gasteiger partial charge is 0.462 e. The maximum atomic E-state index is 12.7. The molecule has 1 aliphatic rings. The molecule has 0 saturated heterocycles. The van der Waals surface area contributed by atoms with E-state index in [1.54, 1.807) is 25.4 Å². The van der Waals surface area contributed by atoms with Gasteiger partial charge in [-0.2, -0.15) is 0 Å². The van der Waals surface area contributed by atoms with Gasteiger partial charge in [0.05, 0.1) is 6.61 Å². The average Bonchev–Trinajstić information content (AvgIpc) is 2.53. The molecule has 1 heterocycles. The van der Waals surface area contributed by atoms with Gasteiger partial charge in [0, 0.05) is 18.3 Å². The van der Waals surface area contributed by atoms with Crippen LogP contribution in [0.3, 0.4) is 0 Å². The van der Waals surface area contributed by atoms with Crippen LogP contribution in [0, 0.1) is 12.8 Å². The topological polar surface area (TPSA) is 56.3 Å². The molecule has 0 amide bonds. The van der Waals surface area contributed by atoms with Crippen LogP contribution in [-0.4, -0.2) is 23.3 Å². The van der Waals surface area contributed by atoms with Gasteiger partial charge in [0.25, 0.3) is 0 Å². The van der Waals surface area contributed by atoms with Crippen molar-refractivity contribution >= 4 is 17.8 Å².